The zero-order valence-electron chi connectivity index (χ0n) is 14.8. The Morgan fingerprint density at radius 2 is 2.29 bits per heavy atom. The molecule has 6 nitrogen and oxygen atoms in total. The SMILES string of the molecule is Cc1ccc(C(=O)N2CCOCC3(CCC(CN(C)C)O3)C2)cn1. The maximum absolute atomic E-state index is 12.8. The lowest BCUT2D eigenvalue weighted by Crippen LogP contribution is -2.47. The van der Waals surface area contributed by atoms with E-state index in [0.29, 0.717) is 31.9 Å². The number of likely N-dealkylation sites (N-methyl/N-ethyl adjacent to an activating group) is 1. The van der Waals surface area contributed by atoms with Gasteiger partial charge in [-0.2, -0.15) is 0 Å². The smallest absolute Gasteiger partial charge is 0.255 e. The standard InChI is InChI=1S/C18H27N3O3/c1-14-4-5-15(10-19-14)17(22)21-8-9-23-13-18(12-21)7-6-16(24-18)11-20(2)3/h4-5,10,16H,6-9,11-13H2,1-3H3. The Morgan fingerprint density at radius 1 is 1.46 bits per heavy atom. The third-order valence-corrected chi connectivity index (χ3v) is 4.70. The third-order valence-electron chi connectivity index (χ3n) is 4.70. The summed E-state index contributed by atoms with van der Waals surface area (Å²) in [7, 11) is 4.11. The van der Waals surface area contributed by atoms with Gasteiger partial charge in [-0.15, -0.1) is 0 Å². The molecule has 1 spiro atoms. The second-order valence-corrected chi connectivity index (χ2v) is 7.19. The molecule has 132 valence electrons. The molecule has 0 aromatic carbocycles. The first-order chi connectivity index (χ1) is 11.5. The maximum atomic E-state index is 12.8. The number of aryl methyl sites for hydroxylation is 1. The second kappa shape index (κ2) is 7.17. The minimum absolute atomic E-state index is 0.00651. The Morgan fingerprint density at radius 3 is 3.00 bits per heavy atom. The number of hydrogen-bond donors (Lipinski definition) is 0. The van der Waals surface area contributed by atoms with Crippen LogP contribution in [0, 0.1) is 6.92 Å². The van der Waals surface area contributed by atoms with Gasteiger partial charge in [-0.25, -0.2) is 0 Å². The molecule has 2 unspecified atom stereocenters. The molecule has 1 amide bonds. The van der Waals surface area contributed by atoms with Crippen molar-refractivity contribution in [2.75, 3.05) is 46.9 Å². The zero-order chi connectivity index (χ0) is 17.2. The highest BCUT2D eigenvalue weighted by Gasteiger charge is 2.44. The number of hydrogen-bond acceptors (Lipinski definition) is 5. The summed E-state index contributed by atoms with van der Waals surface area (Å²) in [6.07, 6.45) is 3.80. The van der Waals surface area contributed by atoms with Crippen LogP contribution in [0.4, 0.5) is 0 Å². The van der Waals surface area contributed by atoms with Gasteiger partial charge in [0.2, 0.25) is 0 Å². The van der Waals surface area contributed by atoms with Crippen LogP contribution in [0.5, 0.6) is 0 Å². The number of rotatable bonds is 3. The fourth-order valence-electron chi connectivity index (χ4n) is 3.51. The molecule has 0 radical (unpaired) electrons. The maximum Gasteiger partial charge on any atom is 0.255 e. The highest BCUT2D eigenvalue weighted by Crippen LogP contribution is 2.33. The van der Waals surface area contributed by atoms with Crippen LogP contribution in [-0.2, 0) is 9.47 Å². The number of amides is 1. The van der Waals surface area contributed by atoms with E-state index in [0.717, 1.165) is 25.1 Å². The first-order valence-corrected chi connectivity index (χ1v) is 8.60. The lowest BCUT2D eigenvalue weighted by molar-refractivity contribution is -0.0878. The predicted molar refractivity (Wildman–Crippen MR) is 91.1 cm³/mol. The largest absolute Gasteiger partial charge is 0.377 e. The molecule has 24 heavy (non-hydrogen) atoms. The molecule has 0 bridgehead atoms. The number of carbonyl (C=O) groups excluding carboxylic acids is 1. The fraction of sp³-hybridized carbons (Fsp3) is 0.667. The summed E-state index contributed by atoms with van der Waals surface area (Å²) < 4.78 is 12.1. The molecular formula is C18H27N3O3. The van der Waals surface area contributed by atoms with Crippen LogP contribution < -0.4 is 0 Å². The number of carbonyl (C=O) groups is 1. The van der Waals surface area contributed by atoms with Crippen molar-refractivity contribution >= 4 is 5.91 Å². The van der Waals surface area contributed by atoms with Gasteiger partial charge < -0.3 is 19.3 Å². The first kappa shape index (κ1) is 17.3. The Balaban J connectivity index is 1.71. The van der Waals surface area contributed by atoms with Gasteiger partial charge >= 0.3 is 0 Å². The summed E-state index contributed by atoms with van der Waals surface area (Å²) in [4.78, 5) is 21.1. The van der Waals surface area contributed by atoms with Gasteiger partial charge in [-0.1, -0.05) is 0 Å². The van der Waals surface area contributed by atoms with Crippen molar-refractivity contribution in [3.05, 3.63) is 29.6 Å². The van der Waals surface area contributed by atoms with Gasteiger partial charge in [0.1, 0.15) is 5.60 Å². The van der Waals surface area contributed by atoms with Crippen LogP contribution in [0.25, 0.3) is 0 Å². The summed E-state index contributed by atoms with van der Waals surface area (Å²) in [6.45, 7) is 5.11. The van der Waals surface area contributed by atoms with Crippen molar-refractivity contribution in [3.63, 3.8) is 0 Å². The predicted octanol–water partition coefficient (Wildman–Crippen LogP) is 1.34. The number of nitrogens with zero attached hydrogens (tertiary/aromatic N) is 3. The van der Waals surface area contributed by atoms with Crippen molar-refractivity contribution < 1.29 is 14.3 Å². The molecule has 2 aliphatic rings. The molecule has 0 N–H and O–H groups in total. The van der Waals surface area contributed by atoms with Crippen LogP contribution in [0.1, 0.15) is 28.9 Å². The van der Waals surface area contributed by atoms with Crippen molar-refractivity contribution in [1.29, 1.82) is 0 Å². The van der Waals surface area contributed by atoms with Gasteiger partial charge in [-0.05, 0) is 46.0 Å². The Kier molecular flexibility index (Phi) is 5.18. The van der Waals surface area contributed by atoms with E-state index in [1.165, 1.54) is 0 Å². The highest BCUT2D eigenvalue weighted by atomic mass is 16.6. The Labute approximate surface area is 143 Å². The average Bonchev–Trinajstić information content (AvgIpc) is 2.79. The van der Waals surface area contributed by atoms with E-state index in [2.05, 4.69) is 24.0 Å². The zero-order valence-corrected chi connectivity index (χ0v) is 14.8. The molecule has 0 aliphatic carbocycles. The summed E-state index contributed by atoms with van der Waals surface area (Å²) in [5, 5.41) is 0. The van der Waals surface area contributed by atoms with Gasteiger partial charge in [-0.3, -0.25) is 9.78 Å². The van der Waals surface area contributed by atoms with E-state index in [9.17, 15) is 4.79 Å². The number of ether oxygens (including phenoxy) is 2. The highest BCUT2D eigenvalue weighted by molar-refractivity contribution is 5.94. The summed E-state index contributed by atoms with van der Waals surface area (Å²) >= 11 is 0. The monoisotopic (exact) mass is 333 g/mol. The van der Waals surface area contributed by atoms with E-state index < -0.39 is 0 Å². The first-order valence-electron chi connectivity index (χ1n) is 8.60. The molecule has 3 heterocycles. The molecule has 6 heteroatoms. The number of aromatic nitrogens is 1. The number of pyridine rings is 1. The van der Waals surface area contributed by atoms with Gasteiger partial charge in [0, 0.05) is 25.0 Å². The normalized spacial score (nSPS) is 27.7. The van der Waals surface area contributed by atoms with Crippen LogP contribution in [-0.4, -0.2) is 79.3 Å². The van der Waals surface area contributed by atoms with E-state index in [-0.39, 0.29) is 17.6 Å². The van der Waals surface area contributed by atoms with Gasteiger partial charge in [0.05, 0.1) is 31.4 Å². The molecule has 0 saturated carbocycles. The van der Waals surface area contributed by atoms with Crippen LogP contribution in [0.3, 0.4) is 0 Å². The van der Waals surface area contributed by atoms with Crippen LogP contribution in [0.2, 0.25) is 0 Å². The van der Waals surface area contributed by atoms with E-state index in [1.54, 1.807) is 6.20 Å². The minimum Gasteiger partial charge on any atom is -0.377 e. The molecule has 2 saturated heterocycles. The van der Waals surface area contributed by atoms with Gasteiger partial charge in [0.25, 0.3) is 5.91 Å². The topological polar surface area (TPSA) is 54.9 Å². The van der Waals surface area contributed by atoms with E-state index in [4.69, 9.17) is 9.47 Å². The summed E-state index contributed by atoms with van der Waals surface area (Å²) in [5.74, 6) is 0.00651. The quantitative estimate of drug-likeness (QED) is 0.836. The molecule has 2 aliphatic heterocycles. The summed E-state index contributed by atoms with van der Waals surface area (Å²) in [6, 6.07) is 3.71. The molecule has 2 fully saturated rings. The minimum atomic E-state index is -0.370. The lowest BCUT2D eigenvalue weighted by Gasteiger charge is -2.32. The average molecular weight is 333 g/mol. The third kappa shape index (κ3) is 3.94. The van der Waals surface area contributed by atoms with E-state index >= 15 is 0 Å². The van der Waals surface area contributed by atoms with Crippen LogP contribution >= 0.6 is 0 Å². The molecule has 2 atom stereocenters. The van der Waals surface area contributed by atoms with Crippen molar-refractivity contribution in [1.82, 2.24) is 14.8 Å². The lowest BCUT2D eigenvalue weighted by atomic mass is 9.99. The molecular weight excluding hydrogens is 306 g/mol. The molecule has 1 aromatic rings. The van der Waals surface area contributed by atoms with Crippen molar-refractivity contribution in [2.24, 2.45) is 0 Å². The Hall–Kier alpha value is -1.50. The van der Waals surface area contributed by atoms with Crippen molar-refractivity contribution in [2.45, 2.75) is 31.5 Å². The van der Waals surface area contributed by atoms with Gasteiger partial charge in [0.15, 0.2) is 0 Å². The molecule has 1 aromatic heterocycles. The summed E-state index contributed by atoms with van der Waals surface area (Å²) in [5.41, 5.74) is 1.17. The van der Waals surface area contributed by atoms with Crippen LogP contribution in [0.15, 0.2) is 18.3 Å². The van der Waals surface area contributed by atoms with E-state index in [1.807, 2.05) is 24.0 Å². The van der Waals surface area contributed by atoms with Crippen molar-refractivity contribution in [3.8, 4) is 0 Å². The second-order valence-electron chi connectivity index (χ2n) is 7.19. The Bertz CT molecular complexity index is 575. The molecule has 3 rings (SSSR count). The fourth-order valence-corrected chi connectivity index (χ4v) is 3.51.